The Hall–Kier alpha value is -3.36. The molecule has 0 bridgehead atoms. The minimum atomic E-state index is -0.790. The third kappa shape index (κ3) is 1.87. The number of aromatic nitrogens is 2. The van der Waals surface area contributed by atoms with Crippen molar-refractivity contribution < 1.29 is 9.85 Å². The number of nitro groups is 2. The highest BCUT2D eigenvalue weighted by Gasteiger charge is 2.23. The maximum absolute atomic E-state index is 12.3. The van der Waals surface area contributed by atoms with E-state index in [1.165, 1.54) is 16.7 Å². The van der Waals surface area contributed by atoms with Crippen LogP contribution in [-0.2, 0) is 0 Å². The Bertz CT molecular complexity index is 978. The third-order valence-electron chi connectivity index (χ3n) is 3.00. The zero-order valence-corrected chi connectivity index (χ0v) is 10.3. The Morgan fingerprint density at radius 1 is 1.10 bits per heavy atom. The van der Waals surface area contributed by atoms with Gasteiger partial charge in [-0.15, -0.1) is 0 Å². The van der Waals surface area contributed by atoms with E-state index >= 15 is 0 Å². The van der Waals surface area contributed by atoms with Gasteiger partial charge in [-0.25, -0.2) is 4.98 Å². The predicted molar refractivity (Wildman–Crippen MR) is 72.3 cm³/mol. The third-order valence-corrected chi connectivity index (χ3v) is 3.00. The molecule has 0 atom stereocenters. The zero-order valence-electron chi connectivity index (χ0n) is 10.3. The van der Waals surface area contributed by atoms with Gasteiger partial charge in [0.15, 0.2) is 5.52 Å². The van der Waals surface area contributed by atoms with E-state index in [1.54, 1.807) is 12.1 Å². The van der Waals surface area contributed by atoms with Gasteiger partial charge in [-0.3, -0.25) is 29.4 Å². The first kappa shape index (κ1) is 12.7. The molecule has 21 heavy (non-hydrogen) atoms. The van der Waals surface area contributed by atoms with E-state index < -0.39 is 26.8 Å². The average Bonchev–Trinajstić information content (AvgIpc) is 2.46. The summed E-state index contributed by atoms with van der Waals surface area (Å²) in [5.41, 5.74) is -1.62. The van der Waals surface area contributed by atoms with E-state index in [2.05, 4.69) is 4.98 Å². The molecule has 1 aromatic carbocycles. The number of nitro benzene ring substituents is 2. The number of rotatable bonds is 2. The van der Waals surface area contributed by atoms with Crippen LogP contribution in [0, 0.1) is 20.2 Å². The Labute approximate surface area is 115 Å². The summed E-state index contributed by atoms with van der Waals surface area (Å²) in [4.78, 5) is 36.7. The highest BCUT2D eigenvalue weighted by Crippen LogP contribution is 2.28. The fraction of sp³-hybridized carbons (Fsp3) is 0. The Morgan fingerprint density at radius 2 is 1.86 bits per heavy atom. The number of hydrogen-bond acceptors (Lipinski definition) is 6. The van der Waals surface area contributed by atoms with Crippen LogP contribution >= 0.6 is 0 Å². The summed E-state index contributed by atoms with van der Waals surface area (Å²) in [5.74, 6) is 0. The van der Waals surface area contributed by atoms with Crippen molar-refractivity contribution in [3.05, 3.63) is 67.1 Å². The lowest BCUT2D eigenvalue weighted by molar-refractivity contribution is -0.393. The van der Waals surface area contributed by atoms with Crippen LogP contribution in [0.5, 0.6) is 0 Å². The first-order valence-electron chi connectivity index (χ1n) is 5.73. The highest BCUT2D eigenvalue weighted by molar-refractivity contribution is 5.90. The standard InChI is InChI=1S/C12H6N4O5/c17-12-8-5-7(15(18)19)6-9(16(20)21)11(8)13-10-3-1-2-4-14(10)12/h1-6H. The molecule has 0 aliphatic carbocycles. The SMILES string of the molecule is O=c1c2cc([N+](=O)[O-])cc([N+](=O)[O-])c2nc2ccccn12. The number of nitrogens with zero attached hydrogens (tertiary/aromatic N) is 4. The van der Waals surface area contributed by atoms with Crippen LogP contribution in [0.1, 0.15) is 0 Å². The summed E-state index contributed by atoms with van der Waals surface area (Å²) in [6, 6.07) is 6.54. The largest absolute Gasteiger partial charge is 0.302 e. The highest BCUT2D eigenvalue weighted by atomic mass is 16.6. The van der Waals surface area contributed by atoms with Crippen molar-refractivity contribution in [3.8, 4) is 0 Å². The van der Waals surface area contributed by atoms with Crippen molar-refractivity contribution in [1.82, 2.24) is 9.38 Å². The van der Waals surface area contributed by atoms with Gasteiger partial charge in [-0.1, -0.05) is 6.07 Å². The van der Waals surface area contributed by atoms with E-state index in [0.29, 0.717) is 0 Å². The fourth-order valence-corrected chi connectivity index (χ4v) is 2.07. The van der Waals surface area contributed by atoms with Gasteiger partial charge < -0.3 is 0 Å². The lowest BCUT2D eigenvalue weighted by atomic mass is 10.2. The van der Waals surface area contributed by atoms with Crippen molar-refractivity contribution in [2.24, 2.45) is 0 Å². The predicted octanol–water partition coefficient (Wildman–Crippen LogP) is 1.66. The molecule has 0 aliphatic heterocycles. The summed E-state index contributed by atoms with van der Waals surface area (Å²) in [6.45, 7) is 0. The summed E-state index contributed by atoms with van der Waals surface area (Å²) in [6.07, 6.45) is 1.44. The fourth-order valence-electron chi connectivity index (χ4n) is 2.07. The van der Waals surface area contributed by atoms with Crippen LogP contribution in [0.15, 0.2) is 41.3 Å². The zero-order chi connectivity index (χ0) is 15.1. The number of fused-ring (bicyclic) bond motifs is 2. The van der Waals surface area contributed by atoms with Gasteiger partial charge in [0.25, 0.3) is 11.2 Å². The molecule has 9 nitrogen and oxygen atoms in total. The second-order valence-electron chi connectivity index (χ2n) is 4.22. The topological polar surface area (TPSA) is 121 Å². The van der Waals surface area contributed by atoms with Crippen molar-refractivity contribution >= 4 is 27.9 Å². The minimum Gasteiger partial charge on any atom is -0.268 e. The van der Waals surface area contributed by atoms with Crippen LogP contribution < -0.4 is 5.56 Å². The average molecular weight is 286 g/mol. The number of benzene rings is 1. The van der Waals surface area contributed by atoms with Crippen molar-refractivity contribution in [2.45, 2.75) is 0 Å². The van der Waals surface area contributed by atoms with Gasteiger partial charge in [-0.2, -0.15) is 0 Å². The molecule has 0 amide bonds. The van der Waals surface area contributed by atoms with E-state index in [-0.39, 0.29) is 16.6 Å². The molecular weight excluding hydrogens is 280 g/mol. The Balaban J connectivity index is 2.58. The van der Waals surface area contributed by atoms with E-state index in [0.717, 1.165) is 12.1 Å². The lowest BCUT2D eigenvalue weighted by Crippen LogP contribution is -2.15. The summed E-state index contributed by atoms with van der Waals surface area (Å²) >= 11 is 0. The van der Waals surface area contributed by atoms with Gasteiger partial charge in [-0.05, 0) is 12.1 Å². The van der Waals surface area contributed by atoms with E-state index in [1.807, 2.05) is 0 Å². The molecule has 3 rings (SSSR count). The molecule has 0 unspecified atom stereocenters. The first-order valence-corrected chi connectivity index (χ1v) is 5.73. The molecule has 3 aromatic rings. The van der Waals surface area contributed by atoms with Crippen LogP contribution in [0.2, 0.25) is 0 Å². The van der Waals surface area contributed by atoms with Gasteiger partial charge in [0.05, 0.1) is 21.3 Å². The van der Waals surface area contributed by atoms with Crippen LogP contribution in [0.4, 0.5) is 11.4 Å². The van der Waals surface area contributed by atoms with Crippen LogP contribution in [-0.4, -0.2) is 19.2 Å². The molecule has 2 heterocycles. The van der Waals surface area contributed by atoms with Gasteiger partial charge >= 0.3 is 5.69 Å². The van der Waals surface area contributed by atoms with Crippen molar-refractivity contribution in [2.75, 3.05) is 0 Å². The molecule has 0 N–H and O–H groups in total. The Morgan fingerprint density at radius 3 is 2.52 bits per heavy atom. The quantitative estimate of drug-likeness (QED) is 0.401. The summed E-state index contributed by atoms with van der Waals surface area (Å²) in [5, 5.41) is 21.8. The van der Waals surface area contributed by atoms with E-state index in [4.69, 9.17) is 0 Å². The molecule has 0 radical (unpaired) electrons. The smallest absolute Gasteiger partial charge is 0.268 e. The molecule has 0 saturated carbocycles. The number of hydrogen-bond donors (Lipinski definition) is 0. The molecule has 104 valence electrons. The summed E-state index contributed by atoms with van der Waals surface area (Å²) < 4.78 is 1.18. The van der Waals surface area contributed by atoms with Gasteiger partial charge in [0, 0.05) is 12.3 Å². The normalized spacial score (nSPS) is 10.9. The molecule has 0 aliphatic rings. The Kier molecular flexibility index (Phi) is 2.61. The molecule has 0 fully saturated rings. The molecular formula is C12H6N4O5. The van der Waals surface area contributed by atoms with Crippen molar-refractivity contribution in [3.63, 3.8) is 0 Å². The maximum atomic E-state index is 12.3. The van der Waals surface area contributed by atoms with Gasteiger partial charge in [0.1, 0.15) is 5.65 Å². The number of pyridine rings is 1. The lowest BCUT2D eigenvalue weighted by Gasteiger charge is -2.03. The summed E-state index contributed by atoms with van der Waals surface area (Å²) in [7, 11) is 0. The number of non-ortho nitro benzene ring substituents is 2. The second kappa shape index (κ2) is 4.34. The van der Waals surface area contributed by atoms with E-state index in [9.17, 15) is 25.0 Å². The second-order valence-corrected chi connectivity index (χ2v) is 4.22. The molecule has 0 spiro atoms. The maximum Gasteiger partial charge on any atom is 0.302 e. The molecule has 2 aromatic heterocycles. The van der Waals surface area contributed by atoms with Gasteiger partial charge in [0.2, 0.25) is 0 Å². The first-order chi connectivity index (χ1) is 9.99. The monoisotopic (exact) mass is 286 g/mol. The minimum absolute atomic E-state index is 0.165. The van der Waals surface area contributed by atoms with Crippen molar-refractivity contribution in [1.29, 1.82) is 0 Å². The van der Waals surface area contributed by atoms with Crippen LogP contribution in [0.3, 0.4) is 0 Å². The molecule has 9 heteroatoms. The van der Waals surface area contributed by atoms with Crippen LogP contribution in [0.25, 0.3) is 16.6 Å². The molecule has 0 saturated heterocycles.